The molecule has 168 valence electrons. The van der Waals surface area contributed by atoms with Crippen LogP contribution >= 0.6 is 23.2 Å². The molecule has 32 heavy (non-hydrogen) atoms. The molecule has 0 unspecified atom stereocenters. The number of amides is 1. The molecule has 0 saturated heterocycles. The molecule has 2 aromatic carbocycles. The van der Waals surface area contributed by atoms with Crippen molar-refractivity contribution in [3.63, 3.8) is 0 Å². The van der Waals surface area contributed by atoms with Crippen molar-refractivity contribution >= 4 is 50.5 Å². The highest BCUT2D eigenvalue weighted by molar-refractivity contribution is 7.92. The van der Waals surface area contributed by atoms with Gasteiger partial charge in [-0.3, -0.25) is 14.1 Å². The van der Waals surface area contributed by atoms with Crippen molar-refractivity contribution in [1.29, 1.82) is 0 Å². The molecule has 1 aromatic heterocycles. The summed E-state index contributed by atoms with van der Waals surface area (Å²) < 4.78 is 31.2. The molecule has 0 fully saturated rings. The van der Waals surface area contributed by atoms with Gasteiger partial charge in [0.25, 0.3) is 0 Å². The fraction of sp³-hybridized carbons (Fsp3) is 0.182. The van der Waals surface area contributed by atoms with Crippen molar-refractivity contribution < 1.29 is 17.9 Å². The van der Waals surface area contributed by atoms with E-state index in [-0.39, 0.29) is 24.7 Å². The number of aromatic nitrogens is 1. The molecule has 0 aliphatic heterocycles. The Bertz CT molecular complexity index is 1220. The Morgan fingerprint density at radius 1 is 1.12 bits per heavy atom. The van der Waals surface area contributed by atoms with Crippen LogP contribution in [0.25, 0.3) is 0 Å². The predicted molar refractivity (Wildman–Crippen MR) is 127 cm³/mol. The van der Waals surface area contributed by atoms with Crippen LogP contribution in [0.5, 0.6) is 5.75 Å². The smallest absolute Gasteiger partial charge is 0.232 e. The van der Waals surface area contributed by atoms with E-state index in [1.165, 1.54) is 7.05 Å². The molecule has 0 aliphatic carbocycles. The lowest BCUT2D eigenvalue weighted by Crippen LogP contribution is -2.25. The lowest BCUT2D eigenvalue weighted by molar-refractivity contribution is -0.115. The quantitative estimate of drug-likeness (QED) is 0.497. The van der Waals surface area contributed by atoms with Crippen molar-refractivity contribution in [3.8, 4) is 5.75 Å². The van der Waals surface area contributed by atoms with Crippen molar-refractivity contribution in [3.05, 3.63) is 82.1 Å². The number of hydrogen-bond acceptors (Lipinski definition) is 5. The van der Waals surface area contributed by atoms with E-state index < -0.39 is 10.0 Å². The SMILES string of the molecule is CN(c1ccc(NC(=O)Cc2ccccn2)cc1OCc1cc(Cl)ccc1Cl)S(C)(=O)=O. The number of pyridine rings is 1. The van der Waals surface area contributed by atoms with Crippen molar-refractivity contribution in [2.45, 2.75) is 13.0 Å². The Hall–Kier alpha value is -2.81. The van der Waals surface area contributed by atoms with Crippen LogP contribution in [0.4, 0.5) is 11.4 Å². The molecule has 0 radical (unpaired) electrons. The Balaban J connectivity index is 1.85. The normalized spacial score (nSPS) is 11.1. The molecule has 3 aromatic rings. The number of nitrogens with one attached hydrogen (secondary N) is 1. The van der Waals surface area contributed by atoms with Gasteiger partial charge in [0.1, 0.15) is 12.4 Å². The number of carbonyl (C=O) groups is 1. The first-order chi connectivity index (χ1) is 15.1. The number of halogens is 2. The lowest BCUT2D eigenvalue weighted by Gasteiger charge is -2.21. The summed E-state index contributed by atoms with van der Waals surface area (Å²) in [5.74, 6) is -0.0126. The molecule has 1 N–H and O–H groups in total. The van der Waals surface area contributed by atoms with Gasteiger partial charge in [0.15, 0.2) is 0 Å². The van der Waals surface area contributed by atoms with Gasteiger partial charge in [-0.1, -0.05) is 29.3 Å². The fourth-order valence-corrected chi connectivity index (χ4v) is 3.70. The summed E-state index contributed by atoms with van der Waals surface area (Å²) in [7, 11) is -2.12. The number of sulfonamides is 1. The van der Waals surface area contributed by atoms with Gasteiger partial charge in [0.2, 0.25) is 15.9 Å². The molecule has 0 spiro atoms. The van der Waals surface area contributed by atoms with E-state index in [1.807, 2.05) is 0 Å². The topological polar surface area (TPSA) is 88.6 Å². The predicted octanol–water partition coefficient (Wildman–Crippen LogP) is 4.54. The molecular formula is C22H21Cl2N3O4S. The molecule has 3 rings (SSSR count). The standard InChI is InChI=1S/C22H21Cl2N3O4S/c1-27(32(2,29)30)20-9-7-18(26-22(28)13-17-5-3-4-10-25-17)12-21(20)31-14-15-11-16(23)6-8-19(15)24/h3-12H,13-14H2,1-2H3,(H,26,28). The van der Waals surface area contributed by atoms with Gasteiger partial charge in [-0.2, -0.15) is 0 Å². The van der Waals surface area contributed by atoms with Gasteiger partial charge >= 0.3 is 0 Å². The summed E-state index contributed by atoms with van der Waals surface area (Å²) in [6, 6.07) is 15.0. The second kappa shape index (κ2) is 10.2. The van der Waals surface area contributed by atoms with E-state index in [0.717, 1.165) is 10.6 Å². The van der Waals surface area contributed by atoms with Crippen molar-refractivity contribution in [2.75, 3.05) is 22.9 Å². The zero-order valence-electron chi connectivity index (χ0n) is 17.4. The number of nitrogens with zero attached hydrogens (tertiary/aromatic N) is 2. The molecular weight excluding hydrogens is 473 g/mol. The lowest BCUT2D eigenvalue weighted by atomic mass is 10.2. The number of benzene rings is 2. The number of anilines is 2. The van der Waals surface area contributed by atoms with Gasteiger partial charge in [0.05, 0.1) is 18.4 Å². The van der Waals surface area contributed by atoms with Gasteiger partial charge < -0.3 is 10.1 Å². The summed E-state index contributed by atoms with van der Waals surface area (Å²) in [4.78, 5) is 16.5. The van der Waals surface area contributed by atoms with Crippen LogP contribution in [0, 0.1) is 0 Å². The molecule has 0 atom stereocenters. The highest BCUT2D eigenvalue weighted by Crippen LogP contribution is 2.33. The Kier molecular flexibility index (Phi) is 7.60. The van der Waals surface area contributed by atoms with Crippen LogP contribution in [-0.2, 0) is 27.8 Å². The molecule has 0 bridgehead atoms. The van der Waals surface area contributed by atoms with E-state index >= 15 is 0 Å². The van der Waals surface area contributed by atoms with Gasteiger partial charge in [0, 0.05) is 46.3 Å². The second-order valence-electron chi connectivity index (χ2n) is 6.98. The Morgan fingerprint density at radius 2 is 1.91 bits per heavy atom. The maximum absolute atomic E-state index is 12.4. The molecule has 0 saturated carbocycles. The van der Waals surface area contributed by atoms with E-state index in [0.29, 0.717) is 32.7 Å². The molecule has 0 aliphatic rings. The van der Waals surface area contributed by atoms with Gasteiger partial charge in [-0.25, -0.2) is 8.42 Å². The van der Waals surface area contributed by atoms with Crippen LogP contribution in [-0.4, -0.2) is 32.6 Å². The Morgan fingerprint density at radius 3 is 2.59 bits per heavy atom. The van der Waals surface area contributed by atoms with Gasteiger partial charge in [-0.05, 0) is 42.5 Å². The van der Waals surface area contributed by atoms with Crippen LogP contribution < -0.4 is 14.4 Å². The molecule has 1 heterocycles. The average molecular weight is 494 g/mol. The minimum atomic E-state index is -3.54. The minimum Gasteiger partial charge on any atom is -0.487 e. The maximum atomic E-state index is 12.4. The van der Waals surface area contributed by atoms with E-state index in [2.05, 4.69) is 10.3 Å². The van der Waals surface area contributed by atoms with E-state index in [9.17, 15) is 13.2 Å². The largest absolute Gasteiger partial charge is 0.487 e. The minimum absolute atomic E-state index is 0.0509. The summed E-state index contributed by atoms with van der Waals surface area (Å²) >= 11 is 12.2. The third-order valence-electron chi connectivity index (χ3n) is 4.54. The molecule has 7 nitrogen and oxygen atoms in total. The average Bonchev–Trinajstić information content (AvgIpc) is 2.74. The first-order valence-corrected chi connectivity index (χ1v) is 12.1. The van der Waals surface area contributed by atoms with Crippen LogP contribution in [0.3, 0.4) is 0 Å². The molecule has 1 amide bonds. The third kappa shape index (κ3) is 6.35. The number of carbonyl (C=O) groups excluding carboxylic acids is 1. The third-order valence-corrected chi connectivity index (χ3v) is 6.33. The van der Waals surface area contributed by atoms with Crippen LogP contribution in [0.1, 0.15) is 11.3 Å². The number of ether oxygens (including phenoxy) is 1. The van der Waals surface area contributed by atoms with E-state index in [1.54, 1.807) is 60.8 Å². The Labute approximate surface area is 197 Å². The fourth-order valence-electron chi connectivity index (χ4n) is 2.83. The van der Waals surface area contributed by atoms with E-state index in [4.69, 9.17) is 27.9 Å². The van der Waals surface area contributed by atoms with Crippen molar-refractivity contribution in [2.24, 2.45) is 0 Å². The zero-order chi connectivity index (χ0) is 23.3. The summed E-state index contributed by atoms with van der Waals surface area (Å²) in [5, 5.41) is 3.74. The monoisotopic (exact) mass is 493 g/mol. The summed E-state index contributed by atoms with van der Waals surface area (Å²) in [6.45, 7) is 0.0509. The maximum Gasteiger partial charge on any atom is 0.232 e. The first-order valence-electron chi connectivity index (χ1n) is 9.48. The number of rotatable bonds is 8. The summed E-state index contributed by atoms with van der Waals surface area (Å²) in [5.41, 5.74) is 2.03. The number of hydrogen-bond donors (Lipinski definition) is 1. The highest BCUT2D eigenvalue weighted by Gasteiger charge is 2.18. The zero-order valence-corrected chi connectivity index (χ0v) is 19.7. The van der Waals surface area contributed by atoms with Crippen LogP contribution in [0.15, 0.2) is 60.8 Å². The highest BCUT2D eigenvalue weighted by atomic mass is 35.5. The van der Waals surface area contributed by atoms with Crippen molar-refractivity contribution in [1.82, 2.24) is 4.98 Å². The summed E-state index contributed by atoms with van der Waals surface area (Å²) in [6.07, 6.45) is 2.80. The second-order valence-corrected chi connectivity index (χ2v) is 9.84. The molecule has 10 heteroatoms. The first kappa shape index (κ1) is 23.8. The van der Waals surface area contributed by atoms with Gasteiger partial charge in [-0.15, -0.1) is 0 Å². The van der Waals surface area contributed by atoms with Crippen LogP contribution in [0.2, 0.25) is 10.0 Å².